The van der Waals surface area contributed by atoms with Gasteiger partial charge in [0.1, 0.15) is 6.26 Å². The lowest BCUT2D eigenvalue weighted by molar-refractivity contribution is -0.00627. The molecule has 0 aromatic carbocycles. The maximum Gasteiger partial charge on any atom is 0.107 e. The summed E-state index contributed by atoms with van der Waals surface area (Å²) in [5, 5.41) is 9.54. The summed E-state index contributed by atoms with van der Waals surface area (Å²) in [5.41, 5.74) is 0.680. The number of hydrogen-bond acceptors (Lipinski definition) is 4. The van der Waals surface area contributed by atoms with Gasteiger partial charge in [0.25, 0.3) is 0 Å². The number of aliphatic hydroxyl groups is 1. The number of aliphatic imine (C=N–C) groups is 1. The quantitative estimate of drug-likeness (QED) is 0.276. The van der Waals surface area contributed by atoms with Crippen molar-refractivity contribution in [1.82, 2.24) is 0 Å². The average Bonchev–Trinajstić information content (AvgIpc) is 2.63. The summed E-state index contributed by atoms with van der Waals surface area (Å²) < 4.78 is 22.3. The van der Waals surface area contributed by atoms with E-state index in [2.05, 4.69) is 18.3 Å². The van der Waals surface area contributed by atoms with Gasteiger partial charge in [0.15, 0.2) is 0 Å². The summed E-state index contributed by atoms with van der Waals surface area (Å²) in [4.78, 5) is 3.86. The summed E-state index contributed by atoms with van der Waals surface area (Å²) in [6.45, 7) is 15.2. The van der Waals surface area contributed by atoms with Crippen LogP contribution < -0.4 is 0 Å². The Morgan fingerprint density at radius 1 is 1.36 bits per heavy atom. The molecule has 0 radical (unpaired) electrons. The average molecular weight is 358 g/mol. The summed E-state index contributed by atoms with van der Waals surface area (Å²) in [6, 6.07) is 0. The van der Waals surface area contributed by atoms with Crippen LogP contribution in [-0.4, -0.2) is 37.2 Å². The fourth-order valence-electron chi connectivity index (χ4n) is 1.90. The van der Waals surface area contributed by atoms with Crippen LogP contribution in [0.5, 0.6) is 0 Å². The summed E-state index contributed by atoms with van der Waals surface area (Å²) in [7, 11) is 0. The lowest BCUT2D eigenvalue weighted by Gasteiger charge is -2.25. The fraction of sp³-hybridized carbons (Fsp3) is 0.650. The van der Waals surface area contributed by atoms with E-state index in [9.17, 15) is 9.50 Å². The zero-order chi connectivity index (χ0) is 19.5. The molecule has 1 N–H and O–H groups in total. The minimum atomic E-state index is -0.225. The summed E-state index contributed by atoms with van der Waals surface area (Å²) in [5.74, 6) is -0.120. The molecule has 1 rings (SSSR count). The van der Waals surface area contributed by atoms with Gasteiger partial charge in [-0.2, -0.15) is 0 Å². The molecule has 1 saturated carbocycles. The van der Waals surface area contributed by atoms with Crippen molar-refractivity contribution in [2.45, 2.75) is 72.0 Å². The monoisotopic (exact) mass is 357 g/mol. The topological polar surface area (TPSA) is 51.0 Å². The normalized spacial score (nSPS) is 20.4. The Balaban J connectivity index is 0. The van der Waals surface area contributed by atoms with Crippen LogP contribution in [0.4, 0.5) is 4.39 Å². The van der Waals surface area contributed by atoms with Gasteiger partial charge >= 0.3 is 0 Å². The van der Waals surface area contributed by atoms with Gasteiger partial charge in [0, 0.05) is 0 Å². The van der Waals surface area contributed by atoms with Gasteiger partial charge < -0.3 is 14.6 Å². The number of ether oxygens (including phenoxy) is 2. The SMILES string of the molecule is C/C=C(\C)F.C=CCCO/C=C(/CO[C@H]1CCC[C@@H](O)C1)N=C.CC. The van der Waals surface area contributed by atoms with E-state index in [1.807, 2.05) is 13.8 Å². The summed E-state index contributed by atoms with van der Waals surface area (Å²) in [6.07, 6.45) is 9.10. The molecule has 2 atom stereocenters. The highest BCUT2D eigenvalue weighted by atomic mass is 19.1. The van der Waals surface area contributed by atoms with Crippen molar-refractivity contribution in [3.8, 4) is 0 Å². The first-order valence-electron chi connectivity index (χ1n) is 8.99. The Morgan fingerprint density at radius 2 is 2.00 bits per heavy atom. The molecule has 1 aliphatic carbocycles. The van der Waals surface area contributed by atoms with Crippen LogP contribution in [0.15, 0.2) is 41.5 Å². The van der Waals surface area contributed by atoms with E-state index in [1.165, 1.54) is 13.0 Å². The third-order valence-electron chi connectivity index (χ3n) is 3.33. The van der Waals surface area contributed by atoms with Gasteiger partial charge in [-0.25, -0.2) is 4.39 Å². The Hall–Kier alpha value is -1.46. The van der Waals surface area contributed by atoms with Crippen molar-refractivity contribution in [1.29, 1.82) is 0 Å². The minimum absolute atomic E-state index is 0.118. The number of hydrogen-bond donors (Lipinski definition) is 1. The van der Waals surface area contributed by atoms with E-state index in [0.717, 1.165) is 25.7 Å². The molecule has 0 aliphatic heterocycles. The molecule has 25 heavy (non-hydrogen) atoms. The van der Waals surface area contributed by atoms with Crippen molar-refractivity contribution < 1.29 is 19.0 Å². The third kappa shape index (κ3) is 17.2. The predicted molar refractivity (Wildman–Crippen MR) is 104 cm³/mol. The molecule has 0 aromatic heterocycles. The maximum atomic E-state index is 11.3. The molecule has 0 aromatic rings. The Kier molecular flexibility index (Phi) is 19.5. The van der Waals surface area contributed by atoms with Crippen LogP contribution in [-0.2, 0) is 9.47 Å². The van der Waals surface area contributed by atoms with Crippen molar-refractivity contribution in [3.05, 3.63) is 36.5 Å². The first-order valence-corrected chi connectivity index (χ1v) is 8.99. The van der Waals surface area contributed by atoms with E-state index in [4.69, 9.17) is 9.47 Å². The Morgan fingerprint density at radius 3 is 2.48 bits per heavy atom. The van der Waals surface area contributed by atoms with E-state index in [-0.39, 0.29) is 18.0 Å². The maximum absolute atomic E-state index is 11.3. The number of aliphatic hydroxyl groups excluding tert-OH is 1. The van der Waals surface area contributed by atoms with Gasteiger partial charge in [-0.3, -0.25) is 4.99 Å². The van der Waals surface area contributed by atoms with E-state index >= 15 is 0 Å². The van der Waals surface area contributed by atoms with Gasteiger partial charge in [0.05, 0.1) is 36.9 Å². The fourth-order valence-corrected chi connectivity index (χ4v) is 1.90. The molecule has 4 nitrogen and oxygen atoms in total. The van der Waals surface area contributed by atoms with Crippen LogP contribution in [0.3, 0.4) is 0 Å². The lowest BCUT2D eigenvalue weighted by Crippen LogP contribution is -2.26. The number of rotatable bonds is 8. The van der Waals surface area contributed by atoms with Gasteiger partial charge in [-0.15, -0.1) is 6.58 Å². The molecule has 0 spiro atoms. The molecule has 0 unspecified atom stereocenters. The molecular formula is C20H36FNO3. The van der Waals surface area contributed by atoms with E-state index in [0.29, 0.717) is 25.3 Å². The van der Waals surface area contributed by atoms with Crippen molar-refractivity contribution >= 4 is 6.72 Å². The molecule has 0 bridgehead atoms. The molecule has 0 amide bonds. The van der Waals surface area contributed by atoms with E-state index < -0.39 is 0 Å². The molecule has 0 saturated heterocycles. The Bertz CT molecular complexity index is 390. The van der Waals surface area contributed by atoms with Crippen molar-refractivity contribution in [2.75, 3.05) is 13.2 Å². The second-order valence-electron chi connectivity index (χ2n) is 5.34. The highest BCUT2D eigenvalue weighted by Gasteiger charge is 2.20. The van der Waals surface area contributed by atoms with Gasteiger partial charge in [-0.1, -0.05) is 26.0 Å². The van der Waals surface area contributed by atoms with E-state index in [1.54, 1.807) is 19.3 Å². The third-order valence-corrected chi connectivity index (χ3v) is 3.33. The van der Waals surface area contributed by atoms with Crippen molar-refractivity contribution in [2.24, 2.45) is 4.99 Å². The smallest absolute Gasteiger partial charge is 0.107 e. The second kappa shape index (κ2) is 18.9. The minimum Gasteiger partial charge on any atom is -0.499 e. The highest BCUT2D eigenvalue weighted by molar-refractivity contribution is 5.28. The lowest BCUT2D eigenvalue weighted by atomic mass is 9.95. The molecule has 5 heteroatoms. The predicted octanol–water partition coefficient (Wildman–Crippen LogP) is 5.35. The standard InChI is InChI=1S/C14H23NO3.C4H7F.C2H6/c1-3-4-8-17-10-12(15-2)11-18-14-7-5-6-13(16)9-14;1-3-4(2)5;1-2/h3,10,13-14,16H,1-2,4-9,11H2;3H,1-2H3;1-2H3/b12-10-;4-3+;/t13-,14+;;/m1../s1. The number of halogens is 1. The molecule has 1 fully saturated rings. The van der Waals surface area contributed by atoms with Crippen molar-refractivity contribution in [3.63, 3.8) is 0 Å². The first kappa shape index (κ1) is 25.8. The zero-order valence-electron chi connectivity index (χ0n) is 16.3. The van der Waals surface area contributed by atoms with Crippen LogP contribution in [0.25, 0.3) is 0 Å². The first-order chi connectivity index (χ1) is 12.0. The molecule has 1 aliphatic rings. The largest absolute Gasteiger partial charge is 0.499 e. The van der Waals surface area contributed by atoms with Crippen LogP contribution in [0.2, 0.25) is 0 Å². The van der Waals surface area contributed by atoms with Crippen LogP contribution in [0.1, 0.15) is 59.8 Å². The van der Waals surface area contributed by atoms with Crippen LogP contribution >= 0.6 is 0 Å². The number of allylic oxidation sites excluding steroid dienone is 2. The highest BCUT2D eigenvalue weighted by Crippen LogP contribution is 2.21. The molecule has 146 valence electrons. The summed E-state index contributed by atoms with van der Waals surface area (Å²) >= 11 is 0. The zero-order valence-corrected chi connectivity index (χ0v) is 16.3. The van der Waals surface area contributed by atoms with Gasteiger partial charge in [-0.05, 0) is 52.7 Å². The molecular weight excluding hydrogens is 321 g/mol. The second-order valence-corrected chi connectivity index (χ2v) is 5.34. The number of nitrogens with zero attached hydrogens (tertiary/aromatic N) is 1. The van der Waals surface area contributed by atoms with Crippen LogP contribution in [0, 0.1) is 0 Å². The Labute approximate surface area is 153 Å². The van der Waals surface area contributed by atoms with Gasteiger partial charge in [0.2, 0.25) is 0 Å². The molecule has 0 heterocycles.